The van der Waals surface area contributed by atoms with Crippen molar-refractivity contribution in [3.8, 4) is 29.1 Å². The van der Waals surface area contributed by atoms with E-state index < -0.39 is 108 Å². The number of ketones is 2. The van der Waals surface area contributed by atoms with Crippen molar-refractivity contribution in [2.45, 2.75) is 152 Å². The summed E-state index contributed by atoms with van der Waals surface area (Å²) in [6, 6.07) is 11.2. The number of nitrogens with one attached hydrogen (secondary N) is 1. The molecule has 10 rings (SSSR count). The molecule has 0 aromatic heterocycles. The number of aldehydes is 1. The highest BCUT2D eigenvalue weighted by Crippen LogP contribution is 2.53. The summed E-state index contributed by atoms with van der Waals surface area (Å²) < 4.78 is 25.5. The summed E-state index contributed by atoms with van der Waals surface area (Å²) in [7, 11) is 1.85. The van der Waals surface area contributed by atoms with Crippen molar-refractivity contribution in [2.75, 3.05) is 26.7 Å². The van der Waals surface area contributed by atoms with Crippen LogP contribution in [0.25, 0.3) is 12.2 Å². The number of fused-ring (bicyclic) bond motifs is 5. The number of hydrogen-bond acceptors (Lipinski definition) is 18. The number of phenols is 1. The predicted molar refractivity (Wildman–Crippen MR) is 309 cm³/mol. The number of aryl methyl sites for hydroxylation is 1. The van der Waals surface area contributed by atoms with Crippen molar-refractivity contribution >= 4 is 41.9 Å². The number of aromatic hydroxyl groups is 1. The molecular formula is C64H75N5O15. The molecule has 0 amide bonds. The minimum atomic E-state index is -3.11. The largest absolute Gasteiger partial charge is 0.507 e. The third-order valence-corrected chi connectivity index (χ3v) is 17.9. The van der Waals surface area contributed by atoms with Gasteiger partial charge in [0, 0.05) is 58.7 Å². The van der Waals surface area contributed by atoms with E-state index in [-0.39, 0.29) is 106 Å². The summed E-state index contributed by atoms with van der Waals surface area (Å²) in [5.41, 5.74) is 17.5. The van der Waals surface area contributed by atoms with Crippen LogP contribution in [0.5, 0.6) is 17.2 Å². The highest BCUT2D eigenvalue weighted by Gasteiger charge is 2.59. The van der Waals surface area contributed by atoms with Crippen LogP contribution in [0.1, 0.15) is 163 Å². The van der Waals surface area contributed by atoms with Crippen LogP contribution in [0.15, 0.2) is 47.5 Å². The van der Waals surface area contributed by atoms with Crippen LogP contribution < -0.4 is 32.0 Å². The van der Waals surface area contributed by atoms with Crippen LogP contribution in [-0.4, -0.2) is 135 Å². The molecule has 20 heteroatoms. The molecule has 1 saturated heterocycles. The van der Waals surface area contributed by atoms with Crippen LogP contribution in [0.2, 0.25) is 0 Å². The molecule has 2 saturated carbocycles. The predicted octanol–water partition coefficient (Wildman–Crippen LogP) is 3.49. The minimum absolute atomic E-state index is 0.0396. The standard InChI is InChI=1S/C64H75N5O15/c1-33(72)82-48-28-40(31-70)49-50-44(48)22-14-34-7-5-8-35(25-34)26-43(73)21-20-42(65)11-6-12-45-51(56(50)76)52(55(49)75)54(74)46(27-39-16-15-37-17-19-41-18-13-36(30-68-2)29-63(41,78)53(37)47(39)32-71)58(45)84-61-60(81-24-23-69-62(66)67)64(79,80)59(77)57(83-61)38-9-3-4-10-38/h5,7-8,14-16,22,25,28,32,36,38,41-43,57,59-61,68,70,73-74,77-80H,3-4,9-10,12-13,17-21,23-24,26-27,29-31,65H2,1-2H3,(H4,66,67,69). The van der Waals surface area contributed by atoms with Gasteiger partial charge in [0.25, 0.3) is 0 Å². The van der Waals surface area contributed by atoms with E-state index in [1.54, 1.807) is 24.3 Å². The number of carbonyl (C=O) groups is 4. The van der Waals surface area contributed by atoms with Crippen LogP contribution in [0.3, 0.4) is 0 Å². The number of nitrogens with zero attached hydrogens (tertiary/aromatic N) is 1. The number of phenolic OH excluding ortho intramolecular Hbond substituents is 1. The van der Waals surface area contributed by atoms with E-state index in [4.69, 9.17) is 36.1 Å². The highest BCUT2D eigenvalue weighted by molar-refractivity contribution is 6.32. The maximum absolute atomic E-state index is 16.2. The van der Waals surface area contributed by atoms with E-state index in [1.807, 2.05) is 25.2 Å². The first-order chi connectivity index (χ1) is 40.3. The zero-order valence-corrected chi connectivity index (χ0v) is 47.3. The maximum atomic E-state index is 16.2. The number of hydrogen-bond donors (Lipinski definition) is 11. The first-order valence-corrected chi connectivity index (χ1v) is 29.0. The molecule has 9 atom stereocenters. The third kappa shape index (κ3) is 11.7. The number of rotatable bonds is 14. The number of carbonyl (C=O) groups excluding carboxylic acids is 4. The molecule has 0 radical (unpaired) electrons. The van der Waals surface area contributed by atoms with Gasteiger partial charge in [-0.2, -0.15) is 0 Å². The Bertz CT molecular complexity index is 3360. The Morgan fingerprint density at radius 1 is 0.940 bits per heavy atom. The Labute approximate surface area is 487 Å². The molecule has 6 aliphatic rings. The van der Waals surface area contributed by atoms with Crippen LogP contribution in [-0.2, 0) is 52.2 Å². The van der Waals surface area contributed by atoms with Gasteiger partial charge >= 0.3 is 5.97 Å². The molecule has 84 heavy (non-hydrogen) atoms. The SMILES string of the molecule is CNCC1CCC2CCc3ccc(Cc4c(O)c5c6c(c4OC4OC(C7CCCC7)C(O)C(O)(O)C4OCCN=C(N)N)CC#CC(N)CCC(O)Cc4cccc(c4)C=Cc4c(OC(C)=O)cc(CO)c(c4C6=O)C5=O)c(C=O)c3C2(O)C1. The summed E-state index contributed by atoms with van der Waals surface area (Å²) in [4.78, 5) is 62.8. The summed E-state index contributed by atoms with van der Waals surface area (Å²) in [6.45, 7) is 0.396. The maximum Gasteiger partial charge on any atom is 0.308 e. The molecule has 1 heterocycles. The van der Waals surface area contributed by atoms with E-state index in [0.717, 1.165) is 37.3 Å². The third-order valence-electron chi connectivity index (χ3n) is 17.9. The molecule has 3 fully saturated rings. The minimum Gasteiger partial charge on any atom is -0.507 e. The van der Waals surface area contributed by atoms with E-state index in [1.165, 1.54) is 12.1 Å². The van der Waals surface area contributed by atoms with Crippen molar-refractivity contribution in [1.29, 1.82) is 0 Å². The topological polar surface area (TPSA) is 349 Å². The van der Waals surface area contributed by atoms with Crippen LogP contribution in [0.4, 0.5) is 0 Å². The number of ether oxygens (including phenoxy) is 4. The lowest BCUT2D eigenvalue weighted by molar-refractivity contribution is -0.386. The quantitative estimate of drug-likeness (QED) is 0.0111. The Morgan fingerprint density at radius 3 is 2.44 bits per heavy atom. The van der Waals surface area contributed by atoms with Crippen molar-refractivity contribution in [3.63, 3.8) is 0 Å². The summed E-state index contributed by atoms with van der Waals surface area (Å²) in [5.74, 6) is -1.71. The summed E-state index contributed by atoms with van der Waals surface area (Å²) in [5, 5.41) is 87.9. The lowest BCUT2D eigenvalue weighted by Crippen LogP contribution is -2.69. The first-order valence-electron chi connectivity index (χ1n) is 29.0. The van der Waals surface area contributed by atoms with Crippen LogP contribution >= 0.6 is 0 Å². The summed E-state index contributed by atoms with van der Waals surface area (Å²) in [6.07, 6.45) is 1.55. The van der Waals surface area contributed by atoms with Gasteiger partial charge in [0.05, 0.1) is 49.2 Å². The molecule has 1 aliphatic heterocycles. The average Bonchev–Trinajstić information content (AvgIpc) is 0.947. The number of nitrogens with two attached hydrogens (primary N) is 3. The van der Waals surface area contributed by atoms with Gasteiger partial charge in [-0.1, -0.05) is 67.2 Å². The Kier molecular flexibility index (Phi) is 17.9. The van der Waals surface area contributed by atoms with Gasteiger partial charge < -0.3 is 77.2 Å². The first kappa shape index (κ1) is 60.3. The van der Waals surface area contributed by atoms with Gasteiger partial charge in [0.2, 0.25) is 12.1 Å². The number of aliphatic imine (C=N–C) groups is 1. The highest BCUT2D eigenvalue weighted by atomic mass is 16.7. The molecule has 9 unspecified atom stereocenters. The molecule has 4 aromatic rings. The lowest BCUT2D eigenvalue weighted by atomic mass is 9.61. The summed E-state index contributed by atoms with van der Waals surface area (Å²) >= 11 is 0. The molecule has 20 nitrogen and oxygen atoms in total. The molecule has 5 aliphatic carbocycles. The Morgan fingerprint density at radius 2 is 1.71 bits per heavy atom. The van der Waals surface area contributed by atoms with Gasteiger partial charge in [0.15, 0.2) is 29.9 Å². The molecule has 0 spiro atoms. The van der Waals surface area contributed by atoms with Crippen molar-refractivity contribution in [3.05, 3.63) is 120 Å². The number of aliphatic hydroxyl groups excluding tert-OH is 3. The van der Waals surface area contributed by atoms with E-state index in [9.17, 15) is 45.3 Å². The molecular weight excluding hydrogens is 1080 g/mol. The molecule has 4 bridgehead atoms. The van der Waals surface area contributed by atoms with Gasteiger partial charge in [-0.15, -0.1) is 0 Å². The Hall–Kier alpha value is -6.87. The van der Waals surface area contributed by atoms with Crippen molar-refractivity contribution < 1.29 is 73.9 Å². The second-order valence-electron chi connectivity index (χ2n) is 23.4. The second kappa shape index (κ2) is 25.0. The average molecular weight is 1150 g/mol. The number of benzene rings is 4. The van der Waals surface area contributed by atoms with E-state index in [0.29, 0.717) is 62.5 Å². The van der Waals surface area contributed by atoms with Crippen molar-refractivity contribution in [1.82, 2.24) is 5.32 Å². The fraction of sp³-hybridized carbons (Fsp3) is 0.484. The van der Waals surface area contributed by atoms with E-state index >= 15 is 9.59 Å². The molecule has 14 N–H and O–H groups in total. The smallest absolute Gasteiger partial charge is 0.308 e. The fourth-order valence-electron chi connectivity index (χ4n) is 14.0. The molecule has 4 aromatic carbocycles. The van der Waals surface area contributed by atoms with Gasteiger partial charge in [-0.25, -0.2) is 0 Å². The van der Waals surface area contributed by atoms with Crippen LogP contribution in [0, 0.1) is 29.6 Å². The Balaban J connectivity index is 1.26. The fourth-order valence-corrected chi connectivity index (χ4v) is 14.0. The van der Waals surface area contributed by atoms with Gasteiger partial charge in [0.1, 0.15) is 23.4 Å². The normalized spacial score (nSPS) is 26.4. The zero-order valence-electron chi connectivity index (χ0n) is 47.3. The van der Waals surface area contributed by atoms with E-state index in [2.05, 4.69) is 22.2 Å². The van der Waals surface area contributed by atoms with Gasteiger partial charge in [-0.05, 0) is 141 Å². The second-order valence-corrected chi connectivity index (χ2v) is 23.4. The monoisotopic (exact) mass is 1150 g/mol. The van der Waals surface area contributed by atoms with Crippen molar-refractivity contribution in [2.24, 2.45) is 39.9 Å². The molecule has 446 valence electrons. The zero-order chi connectivity index (χ0) is 59.8. The number of esters is 1. The number of guanidine groups is 1. The lowest BCUT2D eigenvalue weighted by Gasteiger charge is -2.48. The number of aliphatic hydroxyl groups is 6. The van der Waals surface area contributed by atoms with Gasteiger partial charge in [-0.3, -0.25) is 24.2 Å².